The Morgan fingerprint density at radius 1 is 1.22 bits per heavy atom. The van der Waals surface area contributed by atoms with Crippen molar-refractivity contribution in [2.75, 3.05) is 6.54 Å². The molecule has 0 aromatic heterocycles. The van der Waals surface area contributed by atoms with Crippen LogP contribution in [-0.4, -0.2) is 12.6 Å². The third-order valence-corrected chi connectivity index (χ3v) is 4.40. The molecule has 0 radical (unpaired) electrons. The number of nitrogens with one attached hydrogen (secondary N) is 1. The van der Waals surface area contributed by atoms with Crippen LogP contribution in [0.5, 0.6) is 0 Å². The second-order valence-corrected chi connectivity index (χ2v) is 5.82. The Kier molecular flexibility index (Phi) is 5.25. The summed E-state index contributed by atoms with van der Waals surface area (Å²) in [5.74, 6) is 1.76. The first kappa shape index (κ1) is 13.6. The molecule has 0 bridgehead atoms. The summed E-state index contributed by atoms with van der Waals surface area (Å²) in [4.78, 5) is 0. The minimum absolute atomic E-state index is 0.671. The van der Waals surface area contributed by atoms with E-state index in [1.54, 1.807) is 0 Å². The van der Waals surface area contributed by atoms with Gasteiger partial charge in [0.25, 0.3) is 0 Å². The standard InChI is InChI=1S/C17H27N/c1-3-12-18-17(16-11-7-8-14(16)2)13-15-9-5-4-6-10-15/h4-6,9-10,14,16-18H,3,7-8,11-13H2,1-2H3. The van der Waals surface area contributed by atoms with Crippen LogP contribution >= 0.6 is 0 Å². The Morgan fingerprint density at radius 2 is 2.00 bits per heavy atom. The Labute approximate surface area is 112 Å². The molecule has 1 aromatic rings. The molecule has 3 unspecified atom stereocenters. The zero-order valence-corrected chi connectivity index (χ0v) is 11.9. The first-order valence-corrected chi connectivity index (χ1v) is 7.58. The van der Waals surface area contributed by atoms with E-state index in [4.69, 9.17) is 0 Å². The van der Waals surface area contributed by atoms with Gasteiger partial charge in [0.05, 0.1) is 0 Å². The van der Waals surface area contributed by atoms with Gasteiger partial charge in [-0.15, -0.1) is 0 Å². The van der Waals surface area contributed by atoms with Gasteiger partial charge in [0.2, 0.25) is 0 Å². The molecule has 0 saturated heterocycles. The van der Waals surface area contributed by atoms with Gasteiger partial charge in [-0.1, -0.05) is 57.0 Å². The zero-order valence-electron chi connectivity index (χ0n) is 11.9. The van der Waals surface area contributed by atoms with Crippen molar-refractivity contribution in [2.45, 2.75) is 52.0 Å². The quantitative estimate of drug-likeness (QED) is 0.798. The number of rotatable bonds is 6. The topological polar surface area (TPSA) is 12.0 Å². The molecule has 1 aliphatic carbocycles. The average molecular weight is 245 g/mol. The monoisotopic (exact) mass is 245 g/mol. The van der Waals surface area contributed by atoms with Crippen molar-refractivity contribution in [3.8, 4) is 0 Å². The molecule has 1 saturated carbocycles. The van der Waals surface area contributed by atoms with E-state index in [2.05, 4.69) is 49.5 Å². The van der Waals surface area contributed by atoms with E-state index in [9.17, 15) is 0 Å². The molecule has 0 amide bonds. The van der Waals surface area contributed by atoms with Crippen LogP contribution < -0.4 is 5.32 Å². The van der Waals surface area contributed by atoms with Crippen LogP contribution in [0.1, 0.15) is 45.1 Å². The maximum Gasteiger partial charge on any atom is 0.0138 e. The highest BCUT2D eigenvalue weighted by atomic mass is 14.9. The molecule has 1 nitrogen and oxygen atoms in total. The molecule has 1 heteroatoms. The van der Waals surface area contributed by atoms with Crippen LogP contribution in [0.4, 0.5) is 0 Å². The summed E-state index contributed by atoms with van der Waals surface area (Å²) in [5.41, 5.74) is 1.48. The van der Waals surface area contributed by atoms with Crippen LogP contribution in [0, 0.1) is 11.8 Å². The molecule has 1 aromatic carbocycles. The Balaban J connectivity index is 2.00. The smallest absolute Gasteiger partial charge is 0.0138 e. The summed E-state index contributed by atoms with van der Waals surface area (Å²) in [5, 5.41) is 3.79. The lowest BCUT2D eigenvalue weighted by atomic mass is 9.86. The number of hydrogen-bond acceptors (Lipinski definition) is 1. The van der Waals surface area contributed by atoms with E-state index >= 15 is 0 Å². The second kappa shape index (κ2) is 6.94. The van der Waals surface area contributed by atoms with E-state index in [1.807, 2.05) is 0 Å². The molecule has 1 aliphatic rings. The summed E-state index contributed by atoms with van der Waals surface area (Å²) in [7, 11) is 0. The van der Waals surface area contributed by atoms with Crippen molar-refractivity contribution in [1.82, 2.24) is 5.32 Å². The van der Waals surface area contributed by atoms with Crippen molar-refractivity contribution >= 4 is 0 Å². The van der Waals surface area contributed by atoms with E-state index < -0.39 is 0 Å². The lowest BCUT2D eigenvalue weighted by molar-refractivity contribution is 0.295. The Bertz CT molecular complexity index is 333. The maximum atomic E-state index is 3.79. The number of hydrogen-bond donors (Lipinski definition) is 1. The normalized spacial score (nSPS) is 25.2. The highest BCUT2D eigenvalue weighted by Gasteiger charge is 2.30. The fraction of sp³-hybridized carbons (Fsp3) is 0.647. The molecule has 0 heterocycles. The minimum atomic E-state index is 0.671. The average Bonchev–Trinajstić information content (AvgIpc) is 2.82. The molecule has 1 fully saturated rings. The van der Waals surface area contributed by atoms with E-state index in [0.717, 1.165) is 18.4 Å². The number of benzene rings is 1. The van der Waals surface area contributed by atoms with Gasteiger partial charge in [-0.05, 0) is 43.2 Å². The fourth-order valence-electron chi connectivity index (χ4n) is 3.34. The van der Waals surface area contributed by atoms with E-state index in [1.165, 1.54) is 37.7 Å². The summed E-state index contributed by atoms with van der Waals surface area (Å²) in [6.45, 7) is 5.84. The van der Waals surface area contributed by atoms with Crippen LogP contribution in [0.3, 0.4) is 0 Å². The highest BCUT2D eigenvalue weighted by Crippen LogP contribution is 2.34. The third kappa shape index (κ3) is 3.58. The van der Waals surface area contributed by atoms with Crippen molar-refractivity contribution in [1.29, 1.82) is 0 Å². The first-order chi connectivity index (χ1) is 8.81. The van der Waals surface area contributed by atoms with Crippen LogP contribution in [0.25, 0.3) is 0 Å². The fourth-order valence-corrected chi connectivity index (χ4v) is 3.34. The third-order valence-electron chi connectivity index (χ3n) is 4.40. The minimum Gasteiger partial charge on any atom is -0.313 e. The van der Waals surface area contributed by atoms with Crippen LogP contribution in [0.15, 0.2) is 30.3 Å². The van der Waals surface area contributed by atoms with Gasteiger partial charge in [0.15, 0.2) is 0 Å². The van der Waals surface area contributed by atoms with Crippen LogP contribution in [-0.2, 0) is 6.42 Å². The SMILES string of the molecule is CCCNC(Cc1ccccc1)C1CCCC1C. The largest absolute Gasteiger partial charge is 0.313 e. The molecule has 18 heavy (non-hydrogen) atoms. The molecule has 3 atom stereocenters. The van der Waals surface area contributed by atoms with Gasteiger partial charge in [-0.25, -0.2) is 0 Å². The van der Waals surface area contributed by atoms with Gasteiger partial charge < -0.3 is 5.32 Å². The second-order valence-electron chi connectivity index (χ2n) is 5.82. The first-order valence-electron chi connectivity index (χ1n) is 7.58. The Hall–Kier alpha value is -0.820. The van der Waals surface area contributed by atoms with Crippen molar-refractivity contribution in [3.63, 3.8) is 0 Å². The lowest BCUT2D eigenvalue weighted by Gasteiger charge is -2.28. The predicted octanol–water partition coefficient (Wildman–Crippen LogP) is 4.03. The molecule has 0 spiro atoms. The van der Waals surface area contributed by atoms with E-state index in [-0.39, 0.29) is 0 Å². The molecular weight excluding hydrogens is 218 g/mol. The zero-order chi connectivity index (χ0) is 12.8. The van der Waals surface area contributed by atoms with Gasteiger partial charge in [0, 0.05) is 6.04 Å². The lowest BCUT2D eigenvalue weighted by Crippen LogP contribution is -2.39. The van der Waals surface area contributed by atoms with Crippen LogP contribution in [0.2, 0.25) is 0 Å². The molecule has 0 aliphatic heterocycles. The molecule has 1 N–H and O–H groups in total. The molecular formula is C17H27N. The molecule has 100 valence electrons. The van der Waals surface area contributed by atoms with Gasteiger partial charge in [0.1, 0.15) is 0 Å². The van der Waals surface area contributed by atoms with Gasteiger partial charge >= 0.3 is 0 Å². The maximum absolute atomic E-state index is 3.79. The summed E-state index contributed by atoms with van der Waals surface area (Å²) in [6, 6.07) is 11.6. The van der Waals surface area contributed by atoms with Gasteiger partial charge in [-0.2, -0.15) is 0 Å². The van der Waals surface area contributed by atoms with Gasteiger partial charge in [-0.3, -0.25) is 0 Å². The van der Waals surface area contributed by atoms with Crippen molar-refractivity contribution in [2.24, 2.45) is 11.8 Å². The van der Waals surface area contributed by atoms with E-state index in [0.29, 0.717) is 6.04 Å². The predicted molar refractivity (Wildman–Crippen MR) is 78.7 cm³/mol. The highest BCUT2D eigenvalue weighted by molar-refractivity contribution is 5.16. The summed E-state index contributed by atoms with van der Waals surface area (Å²) in [6.07, 6.45) is 6.67. The Morgan fingerprint density at radius 3 is 2.61 bits per heavy atom. The molecule has 2 rings (SSSR count). The summed E-state index contributed by atoms with van der Waals surface area (Å²) >= 11 is 0. The summed E-state index contributed by atoms with van der Waals surface area (Å²) < 4.78 is 0. The van der Waals surface area contributed by atoms with Crippen molar-refractivity contribution < 1.29 is 0 Å². The van der Waals surface area contributed by atoms with Crippen molar-refractivity contribution in [3.05, 3.63) is 35.9 Å².